The Morgan fingerprint density at radius 3 is 2.46 bits per heavy atom. The first-order valence-corrected chi connectivity index (χ1v) is 5.48. The van der Waals surface area contributed by atoms with Crippen LogP contribution >= 0.6 is 0 Å². The van der Waals surface area contributed by atoms with Gasteiger partial charge in [0.25, 0.3) is 10.1 Å². The van der Waals surface area contributed by atoms with Gasteiger partial charge in [-0.15, -0.1) is 0 Å². The van der Waals surface area contributed by atoms with E-state index >= 15 is 0 Å². The molecule has 7 heteroatoms. The fourth-order valence-corrected chi connectivity index (χ4v) is 1.53. The van der Waals surface area contributed by atoms with Crippen LogP contribution in [0.25, 0.3) is 0 Å². The maximum atomic E-state index is 10.9. The topological polar surface area (TPSA) is 81.4 Å². The number of nitrogens with one attached hydrogen (secondary N) is 1. The molecule has 0 saturated heterocycles. The van der Waals surface area contributed by atoms with Gasteiger partial charge in [0.15, 0.2) is 0 Å². The summed E-state index contributed by atoms with van der Waals surface area (Å²) in [5.41, 5.74) is 5.19. The molecule has 0 spiro atoms. The molecule has 0 aliphatic heterocycles. The second-order valence-corrected chi connectivity index (χ2v) is 3.97. The summed E-state index contributed by atoms with van der Waals surface area (Å²) in [6.45, 7) is 3.36. The summed E-state index contributed by atoms with van der Waals surface area (Å²) >= 11 is 0. The molecule has 0 aliphatic rings. The summed E-state index contributed by atoms with van der Waals surface area (Å²) in [6, 6.07) is 0. The Hall–Kier alpha value is 0.830. The molecule has 0 rings (SSSR count). The summed E-state index contributed by atoms with van der Waals surface area (Å²) in [5, 5.41) is 2.87. The molecule has 0 fully saturated rings. The van der Waals surface area contributed by atoms with Crippen LogP contribution in [0.4, 0.5) is 0 Å². The Labute approximate surface area is 102 Å². The Morgan fingerprint density at radius 2 is 2.00 bits per heavy atom. The molecule has 0 aromatic carbocycles. The van der Waals surface area contributed by atoms with Crippen molar-refractivity contribution in [3.8, 4) is 0 Å². The van der Waals surface area contributed by atoms with E-state index in [0.29, 0.717) is 19.6 Å². The molecule has 0 bridgehead atoms. The van der Waals surface area contributed by atoms with E-state index in [1.807, 2.05) is 0 Å². The average Bonchev–Trinajstić information content (AvgIpc) is 1.98. The molecular weight excluding hydrogens is 203 g/mol. The molecule has 76 valence electrons. The molecule has 0 saturated carbocycles. The van der Waals surface area contributed by atoms with Crippen molar-refractivity contribution in [2.45, 2.75) is 6.92 Å². The Bertz CT molecular complexity index is 196. The van der Waals surface area contributed by atoms with Gasteiger partial charge < -0.3 is 11.1 Å². The number of hydrogen-bond acceptors (Lipinski definition) is 5. The molecule has 0 unspecified atom stereocenters. The average molecular weight is 220 g/mol. The molecule has 0 aromatic rings. The van der Waals surface area contributed by atoms with Gasteiger partial charge in [0.2, 0.25) is 0 Å². The molecule has 13 heavy (non-hydrogen) atoms. The van der Waals surface area contributed by atoms with E-state index in [-0.39, 0.29) is 41.9 Å². The van der Waals surface area contributed by atoms with Gasteiger partial charge in [-0.3, -0.25) is 4.18 Å². The maximum absolute atomic E-state index is 10.9. The molecule has 0 aromatic heterocycles. The molecule has 0 atom stereocenters. The van der Waals surface area contributed by atoms with Gasteiger partial charge in [-0.1, -0.05) is 0 Å². The van der Waals surface area contributed by atoms with Crippen LogP contribution in [0.5, 0.6) is 0 Å². The third-order valence-corrected chi connectivity index (χ3v) is 2.45. The summed E-state index contributed by atoms with van der Waals surface area (Å²) in [5.74, 6) is 0.000833. The van der Waals surface area contributed by atoms with Gasteiger partial charge in [0.05, 0.1) is 12.4 Å². The molecule has 0 aliphatic carbocycles. The van der Waals surface area contributed by atoms with E-state index in [9.17, 15) is 8.42 Å². The monoisotopic (exact) mass is 220 g/mol. The van der Waals surface area contributed by atoms with Crippen molar-refractivity contribution in [1.29, 1.82) is 0 Å². The quantitative estimate of drug-likeness (QED) is 0.302. The molecule has 0 radical (unpaired) electrons. The number of nitrogens with two attached hydrogens (primary N) is 1. The van der Waals surface area contributed by atoms with Crippen molar-refractivity contribution < 1.29 is 12.6 Å². The summed E-state index contributed by atoms with van der Waals surface area (Å²) in [6.07, 6.45) is 0. The standard InChI is InChI=1S/C6H16N2O3S.Na.H/c1-2-11-12(9,10)6-5-8-4-3-7;;/h8H,2-7H2,1H3;;. The zero-order chi connectivity index (χ0) is 9.45. The number of rotatable bonds is 7. The minimum atomic E-state index is -3.32. The van der Waals surface area contributed by atoms with Crippen LogP contribution < -0.4 is 11.1 Å². The first kappa shape index (κ1) is 16.3. The predicted octanol–water partition coefficient (Wildman–Crippen LogP) is -1.75. The first-order valence-electron chi connectivity index (χ1n) is 3.90. The normalized spacial score (nSPS) is 10.9. The van der Waals surface area contributed by atoms with Gasteiger partial charge in [-0.25, -0.2) is 0 Å². The van der Waals surface area contributed by atoms with E-state index in [1.54, 1.807) is 6.92 Å². The van der Waals surface area contributed by atoms with Crippen molar-refractivity contribution >= 4 is 39.7 Å². The van der Waals surface area contributed by atoms with Gasteiger partial charge in [0, 0.05) is 19.6 Å². The second-order valence-electron chi connectivity index (χ2n) is 2.21. The zero-order valence-corrected chi connectivity index (χ0v) is 8.06. The second kappa shape index (κ2) is 9.39. The van der Waals surface area contributed by atoms with E-state index in [0.717, 1.165) is 0 Å². The van der Waals surface area contributed by atoms with Crippen LogP contribution in [0.1, 0.15) is 6.92 Å². The van der Waals surface area contributed by atoms with Crippen LogP contribution in [-0.2, 0) is 14.3 Å². The fourth-order valence-electron chi connectivity index (χ4n) is 0.663. The predicted molar refractivity (Wildman–Crippen MR) is 54.5 cm³/mol. The van der Waals surface area contributed by atoms with Crippen LogP contribution in [-0.4, -0.2) is 70.0 Å². The van der Waals surface area contributed by atoms with Crippen molar-refractivity contribution in [2.24, 2.45) is 5.73 Å². The van der Waals surface area contributed by atoms with Crippen molar-refractivity contribution in [3.63, 3.8) is 0 Å². The van der Waals surface area contributed by atoms with Gasteiger partial charge in [-0.05, 0) is 6.92 Å². The minimum absolute atomic E-state index is 0. The van der Waals surface area contributed by atoms with Crippen molar-refractivity contribution in [1.82, 2.24) is 5.32 Å². The fraction of sp³-hybridized carbons (Fsp3) is 1.00. The molecule has 3 N–H and O–H groups in total. The van der Waals surface area contributed by atoms with Gasteiger partial charge in [0.1, 0.15) is 0 Å². The zero-order valence-electron chi connectivity index (χ0n) is 7.25. The summed E-state index contributed by atoms with van der Waals surface area (Å²) in [7, 11) is -3.32. The summed E-state index contributed by atoms with van der Waals surface area (Å²) in [4.78, 5) is 0. The van der Waals surface area contributed by atoms with E-state index in [1.165, 1.54) is 0 Å². The van der Waals surface area contributed by atoms with E-state index in [2.05, 4.69) is 9.50 Å². The van der Waals surface area contributed by atoms with Crippen LogP contribution in [0, 0.1) is 0 Å². The van der Waals surface area contributed by atoms with Gasteiger partial charge >= 0.3 is 29.6 Å². The molecule has 0 heterocycles. The third-order valence-electron chi connectivity index (χ3n) is 1.15. The van der Waals surface area contributed by atoms with Crippen LogP contribution in [0.3, 0.4) is 0 Å². The van der Waals surface area contributed by atoms with Crippen molar-refractivity contribution in [2.75, 3.05) is 32.0 Å². The molecule has 0 amide bonds. The molecular formula is C6H17N2NaO3S. The SMILES string of the molecule is CCOS(=O)(=O)CCNCCN.[NaH]. The Balaban J connectivity index is 0. The first-order chi connectivity index (χ1) is 5.62. The van der Waals surface area contributed by atoms with Crippen LogP contribution in [0.2, 0.25) is 0 Å². The van der Waals surface area contributed by atoms with E-state index in [4.69, 9.17) is 5.73 Å². The summed E-state index contributed by atoms with van der Waals surface area (Å²) < 4.78 is 26.3. The Morgan fingerprint density at radius 1 is 1.38 bits per heavy atom. The third kappa shape index (κ3) is 10.8. The number of hydrogen-bond donors (Lipinski definition) is 2. The Kier molecular flexibility index (Phi) is 11.7. The van der Waals surface area contributed by atoms with Gasteiger partial charge in [-0.2, -0.15) is 8.42 Å². The van der Waals surface area contributed by atoms with Crippen LogP contribution in [0.15, 0.2) is 0 Å². The molecule has 5 nitrogen and oxygen atoms in total. The van der Waals surface area contributed by atoms with E-state index < -0.39 is 10.1 Å². The van der Waals surface area contributed by atoms with Crippen molar-refractivity contribution in [3.05, 3.63) is 0 Å².